The van der Waals surface area contributed by atoms with Crippen LogP contribution >= 0.6 is 0 Å². The number of anilines is 1. The van der Waals surface area contributed by atoms with Gasteiger partial charge in [0.1, 0.15) is 17.6 Å². The molecule has 1 aromatic heterocycles. The first-order valence-corrected chi connectivity index (χ1v) is 5.50. The van der Waals surface area contributed by atoms with Crippen molar-refractivity contribution in [1.82, 2.24) is 9.55 Å². The van der Waals surface area contributed by atoms with Crippen LogP contribution in [0.2, 0.25) is 0 Å². The third-order valence-corrected chi connectivity index (χ3v) is 2.82. The molecule has 1 unspecified atom stereocenters. The van der Waals surface area contributed by atoms with E-state index in [9.17, 15) is 14.7 Å². The Balaban J connectivity index is 2.50. The molecule has 3 atom stereocenters. The number of aromatic nitrogens is 2. The van der Waals surface area contributed by atoms with Crippen LogP contribution in [0.1, 0.15) is 23.1 Å². The van der Waals surface area contributed by atoms with Crippen LogP contribution in [0, 0.1) is 0 Å². The van der Waals surface area contributed by atoms with Crippen LogP contribution in [-0.4, -0.2) is 49.7 Å². The lowest BCUT2D eigenvalue weighted by Gasteiger charge is -2.19. The number of carbonyl (C=O) groups is 1. The molecule has 9 heteroatoms. The maximum Gasteiger partial charge on any atom is 0.352 e. The molecule has 104 valence electrons. The second kappa shape index (κ2) is 4.96. The number of nitrogens with two attached hydrogens (primary N) is 1. The van der Waals surface area contributed by atoms with Crippen molar-refractivity contribution in [3.8, 4) is 0 Å². The van der Waals surface area contributed by atoms with E-state index in [2.05, 4.69) is 4.98 Å². The quantitative estimate of drug-likeness (QED) is 0.501. The van der Waals surface area contributed by atoms with E-state index in [0.29, 0.717) is 0 Å². The van der Waals surface area contributed by atoms with E-state index in [-0.39, 0.29) is 18.8 Å². The summed E-state index contributed by atoms with van der Waals surface area (Å²) in [6.07, 6.45) is -2.88. The predicted molar refractivity (Wildman–Crippen MR) is 61.5 cm³/mol. The van der Waals surface area contributed by atoms with Crippen molar-refractivity contribution in [3.63, 3.8) is 0 Å². The summed E-state index contributed by atoms with van der Waals surface area (Å²) in [7, 11) is 0. The Morgan fingerprint density at radius 2 is 2.32 bits per heavy atom. The van der Waals surface area contributed by atoms with Crippen LogP contribution in [0.4, 0.5) is 5.82 Å². The van der Waals surface area contributed by atoms with E-state index in [4.69, 9.17) is 20.7 Å². The molecule has 0 bridgehead atoms. The molecule has 1 fully saturated rings. The number of aromatic carboxylic acids is 1. The number of nitrogens with zero attached hydrogens (tertiary/aromatic N) is 2. The summed E-state index contributed by atoms with van der Waals surface area (Å²) >= 11 is 0. The fourth-order valence-corrected chi connectivity index (χ4v) is 2.00. The molecule has 2 heterocycles. The van der Waals surface area contributed by atoms with E-state index in [1.165, 1.54) is 0 Å². The smallest absolute Gasteiger partial charge is 0.352 e. The number of hydrogen-bond donors (Lipinski definition) is 4. The first-order chi connectivity index (χ1) is 8.93. The van der Waals surface area contributed by atoms with E-state index in [0.717, 1.165) is 10.6 Å². The summed E-state index contributed by atoms with van der Waals surface area (Å²) in [5.74, 6) is -1.63. The first kappa shape index (κ1) is 13.5. The Kier molecular flexibility index (Phi) is 3.51. The normalized spacial score (nSPS) is 26.5. The van der Waals surface area contributed by atoms with Crippen LogP contribution in [-0.2, 0) is 4.74 Å². The molecular weight excluding hydrogens is 258 g/mol. The van der Waals surface area contributed by atoms with Crippen LogP contribution in [0.3, 0.4) is 0 Å². The molecule has 1 saturated heterocycles. The zero-order chi connectivity index (χ0) is 14.2. The Morgan fingerprint density at radius 3 is 2.84 bits per heavy atom. The zero-order valence-electron chi connectivity index (χ0n) is 9.76. The highest BCUT2D eigenvalue weighted by Crippen LogP contribution is 2.28. The molecule has 2 rings (SSSR count). The third-order valence-electron chi connectivity index (χ3n) is 2.82. The molecule has 9 nitrogen and oxygen atoms in total. The average Bonchev–Trinajstić information content (AvgIpc) is 2.69. The zero-order valence-corrected chi connectivity index (χ0v) is 9.76. The van der Waals surface area contributed by atoms with Crippen molar-refractivity contribution >= 4 is 11.8 Å². The number of rotatable bonds is 3. The van der Waals surface area contributed by atoms with Crippen molar-refractivity contribution in [2.45, 2.75) is 24.9 Å². The van der Waals surface area contributed by atoms with Crippen LogP contribution in [0.15, 0.2) is 10.9 Å². The van der Waals surface area contributed by atoms with Gasteiger partial charge >= 0.3 is 11.7 Å². The predicted octanol–water partition coefficient (Wildman–Crippen LogP) is -1.84. The SMILES string of the molecule is Nc1cc(C(=O)O)n([C@@H]2O[C@H](CO)CC2O)c(=O)n1. The highest BCUT2D eigenvalue weighted by Gasteiger charge is 2.37. The monoisotopic (exact) mass is 271 g/mol. The van der Waals surface area contributed by atoms with Gasteiger partial charge in [-0.25, -0.2) is 9.59 Å². The maximum absolute atomic E-state index is 11.7. The summed E-state index contributed by atoms with van der Waals surface area (Å²) in [6.45, 7) is -0.340. The van der Waals surface area contributed by atoms with Gasteiger partial charge in [0.25, 0.3) is 0 Å². The minimum absolute atomic E-state index is 0.0943. The van der Waals surface area contributed by atoms with Crippen molar-refractivity contribution in [3.05, 3.63) is 22.2 Å². The Labute approximate surface area is 106 Å². The van der Waals surface area contributed by atoms with Crippen molar-refractivity contribution in [1.29, 1.82) is 0 Å². The van der Waals surface area contributed by atoms with Gasteiger partial charge in [-0.2, -0.15) is 4.98 Å². The lowest BCUT2D eigenvalue weighted by molar-refractivity contribution is -0.0543. The standard InChI is InChI=1S/C10H13N3O6/c11-7-2-5(9(16)17)13(10(18)12-7)8-6(15)1-4(3-14)19-8/h2,4,6,8,14-15H,1,3H2,(H,16,17)(H2,11,12,18)/t4-,6?,8+/m0/s1. The van der Waals surface area contributed by atoms with Gasteiger partial charge in [-0.3, -0.25) is 4.57 Å². The minimum Gasteiger partial charge on any atom is -0.477 e. The molecule has 5 N–H and O–H groups in total. The maximum atomic E-state index is 11.7. The molecule has 0 aliphatic carbocycles. The van der Waals surface area contributed by atoms with E-state index >= 15 is 0 Å². The van der Waals surface area contributed by atoms with Gasteiger partial charge in [-0.1, -0.05) is 0 Å². The van der Waals surface area contributed by atoms with Crippen LogP contribution in [0.5, 0.6) is 0 Å². The Hall–Kier alpha value is -1.97. The molecule has 1 aliphatic rings. The number of aliphatic hydroxyl groups is 2. The summed E-state index contributed by atoms with van der Waals surface area (Å²) in [4.78, 5) is 26.3. The Bertz CT molecular complexity index is 557. The first-order valence-electron chi connectivity index (χ1n) is 5.50. The molecule has 0 aromatic carbocycles. The van der Waals surface area contributed by atoms with Gasteiger partial charge in [0.05, 0.1) is 12.7 Å². The average molecular weight is 271 g/mol. The second-order valence-corrected chi connectivity index (χ2v) is 4.16. The lowest BCUT2D eigenvalue weighted by Crippen LogP contribution is -2.36. The van der Waals surface area contributed by atoms with Gasteiger partial charge in [0, 0.05) is 12.5 Å². The van der Waals surface area contributed by atoms with Gasteiger partial charge in [-0.05, 0) is 0 Å². The van der Waals surface area contributed by atoms with E-state index in [1.807, 2.05) is 0 Å². The van der Waals surface area contributed by atoms with Gasteiger partial charge in [0.15, 0.2) is 6.23 Å². The lowest BCUT2D eigenvalue weighted by atomic mass is 10.2. The summed E-state index contributed by atoms with van der Waals surface area (Å²) in [5.41, 5.74) is 3.96. The summed E-state index contributed by atoms with van der Waals surface area (Å²) in [6, 6.07) is 1.01. The Morgan fingerprint density at radius 1 is 1.63 bits per heavy atom. The fraction of sp³-hybridized carbons (Fsp3) is 0.500. The molecular formula is C10H13N3O6. The molecule has 0 spiro atoms. The molecule has 1 aromatic rings. The minimum atomic E-state index is -1.39. The van der Waals surface area contributed by atoms with E-state index < -0.39 is 35.8 Å². The van der Waals surface area contributed by atoms with Gasteiger partial charge in [-0.15, -0.1) is 0 Å². The largest absolute Gasteiger partial charge is 0.477 e. The number of aliphatic hydroxyl groups excluding tert-OH is 2. The van der Waals surface area contributed by atoms with Crippen LogP contribution in [0.25, 0.3) is 0 Å². The molecule has 1 aliphatic heterocycles. The summed E-state index contributed by atoms with van der Waals surface area (Å²) in [5, 5.41) is 27.8. The molecule has 0 saturated carbocycles. The number of nitrogen functional groups attached to an aromatic ring is 1. The van der Waals surface area contributed by atoms with Crippen LogP contribution < -0.4 is 11.4 Å². The van der Waals surface area contributed by atoms with Crippen molar-refractivity contribution < 1.29 is 24.9 Å². The highest BCUT2D eigenvalue weighted by molar-refractivity contribution is 5.86. The number of ether oxygens (including phenoxy) is 1. The van der Waals surface area contributed by atoms with Gasteiger partial charge < -0.3 is 25.8 Å². The molecule has 0 amide bonds. The second-order valence-electron chi connectivity index (χ2n) is 4.16. The highest BCUT2D eigenvalue weighted by atomic mass is 16.5. The number of hydrogen-bond acceptors (Lipinski definition) is 7. The molecule has 0 radical (unpaired) electrons. The fourth-order valence-electron chi connectivity index (χ4n) is 2.00. The third kappa shape index (κ3) is 2.43. The van der Waals surface area contributed by atoms with Crippen molar-refractivity contribution in [2.75, 3.05) is 12.3 Å². The number of carboxylic acid groups (broad SMARTS) is 1. The van der Waals surface area contributed by atoms with Gasteiger partial charge in [0.2, 0.25) is 0 Å². The number of carboxylic acids is 1. The topological polar surface area (TPSA) is 148 Å². The van der Waals surface area contributed by atoms with Crippen molar-refractivity contribution in [2.24, 2.45) is 0 Å². The summed E-state index contributed by atoms with van der Waals surface area (Å²) < 4.78 is 5.96. The van der Waals surface area contributed by atoms with E-state index in [1.54, 1.807) is 0 Å². The molecule has 19 heavy (non-hydrogen) atoms.